The SMILES string of the molecule is C=CC[N+](C)(CCCCN)CC(O)CO. The zero-order valence-electron chi connectivity index (χ0n) is 9.73. The average molecular weight is 217 g/mol. The number of aliphatic hydroxyl groups is 2. The third-order valence-corrected chi connectivity index (χ3v) is 2.58. The molecule has 0 radical (unpaired) electrons. The molecule has 0 aliphatic rings. The summed E-state index contributed by atoms with van der Waals surface area (Å²) >= 11 is 0. The third kappa shape index (κ3) is 6.62. The van der Waals surface area contributed by atoms with Crippen LogP contribution in [0.2, 0.25) is 0 Å². The lowest BCUT2D eigenvalue weighted by Crippen LogP contribution is -2.50. The van der Waals surface area contributed by atoms with Crippen molar-refractivity contribution in [2.45, 2.75) is 18.9 Å². The van der Waals surface area contributed by atoms with Gasteiger partial charge in [0.05, 0.1) is 26.7 Å². The van der Waals surface area contributed by atoms with Crippen LogP contribution in [0.15, 0.2) is 12.7 Å². The summed E-state index contributed by atoms with van der Waals surface area (Å²) in [5, 5.41) is 18.3. The molecule has 0 rings (SSSR count). The van der Waals surface area contributed by atoms with Gasteiger partial charge in [0.15, 0.2) is 0 Å². The van der Waals surface area contributed by atoms with Crippen molar-refractivity contribution in [3.8, 4) is 0 Å². The van der Waals surface area contributed by atoms with Crippen molar-refractivity contribution in [1.29, 1.82) is 0 Å². The van der Waals surface area contributed by atoms with Gasteiger partial charge in [-0.05, 0) is 25.5 Å². The van der Waals surface area contributed by atoms with Gasteiger partial charge >= 0.3 is 0 Å². The molecule has 0 aromatic rings. The highest BCUT2D eigenvalue weighted by Gasteiger charge is 2.23. The molecule has 4 N–H and O–H groups in total. The Labute approximate surface area is 92.6 Å². The monoisotopic (exact) mass is 217 g/mol. The van der Waals surface area contributed by atoms with Crippen LogP contribution in [0.25, 0.3) is 0 Å². The van der Waals surface area contributed by atoms with E-state index in [0.29, 0.717) is 17.6 Å². The maximum absolute atomic E-state index is 9.45. The summed E-state index contributed by atoms with van der Waals surface area (Å²) in [5.41, 5.74) is 5.44. The first-order chi connectivity index (χ1) is 7.08. The van der Waals surface area contributed by atoms with E-state index in [1.165, 1.54) is 0 Å². The molecule has 0 spiro atoms. The fraction of sp³-hybridized carbons (Fsp3) is 0.818. The second-order valence-electron chi connectivity index (χ2n) is 4.33. The molecular formula is C11H25N2O2+. The molecule has 0 aliphatic carbocycles. The molecule has 2 unspecified atom stereocenters. The van der Waals surface area contributed by atoms with Crippen LogP contribution in [0.1, 0.15) is 12.8 Å². The lowest BCUT2D eigenvalue weighted by atomic mass is 10.2. The van der Waals surface area contributed by atoms with Crippen LogP contribution in [-0.2, 0) is 0 Å². The van der Waals surface area contributed by atoms with Gasteiger partial charge in [0.1, 0.15) is 12.6 Å². The Morgan fingerprint density at radius 2 is 2.13 bits per heavy atom. The van der Waals surface area contributed by atoms with Crippen molar-refractivity contribution in [3.63, 3.8) is 0 Å². The van der Waals surface area contributed by atoms with Gasteiger partial charge in [-0.1, -0.05) is 6.58 Å². The van der Waals surface area contributed by atoms with Gasteiger partial charge in [-0.15, -0.1) is 0 Å². The van der Waals surface area contributed by atoms with E-state index in [2.05, 4.69) is 13.6 Å². The highest BCUT2D eigenvalue weighted by Crippen LogP contribution is 2.07. The molecule has 0 saturated heterocycles. The van der Waals surface area contributed by atoms with Crippen molar-refractivity contribution in [1.82, 2.24) is 0 Å². The Morgan fingerprint density at radius 3 is 2.60 bits per heavy atom. The van der Waals surface area contributed by atoms with Gasteiger partial charge in [0, 0.05) is 0 Å². The second kappa shape index (κ2) is 7.82. The smallest absolute Gasteiger partial charge is 0.126 e. The van der Waals surface area contributed by atoms with Gasteiger partial charge < -0.3 is 20.4 Å². The number of likely N-dealkylation sites (N-methyl/N-ethyl adjacent to an activating group) is 1. The Bertz CT molecular complexity index is 176. The Kier molecular flexibility index (Phi) is 7.60. The van der Waals surface area contributed by atoms with Gasteiger partial charge in [0.2, 0.25) is 0 Å². The standard InChI is InChI=1S/C11H25N2O2/c1-3-7-13(2,8-5-4-6-12)9-11(15)10-14/h3,11,14-15H,1,4-10,12H2,2H3/q+1. The molecule has 0 bridgehead atoms. The second-order valence-corrected chi connectivity index (χ2v) is 4.33. The summed E-state index contributed by atoms with van der Waals surface area (Å²) in [5.74, 6) is 0. The zero-order valence-corrected chi connectivity index (χ0v) is 9.73. The maximum Gasteiger partial charge on any atom is 0.126 e. The molecule has 2 atom stereocenters. The predicted octanol–water partition coefficient (Wildman–Crippen LogP) is -0.289. The van der Waals surface area contributed by atoms with Gasteiger partial charge in [0.25, 0.3) is 0 Å². The van der Waals surface area contributed by atoms with Crippen LogP contribution < -0.4 is 5.73 Å². The molecule has 0 fully saturated rings. The molecule has 0 aromatic heterocycles. The van der Waals surface area contributed by atoms with Crippen LogP contribution in [-0.4, -0.2) is 60.6 Å². The third-order valence-electron chi connectivity index (χ3n) is 2.58. The van der Waals surface area contributed by atoms with E-state index >= 15 is 0 Å². The fourth-order valence-electron chi connectivity index (χ4n) is 1.77. The topological polar surface area (TPSA) is 66.5 Å². The minimum atomic E-state index is -0.646. The average Bonchev–Trinajstić information content (AvgIpc) is 2.18. The largest absolute Gasteiger partial charge is 0.393 e. The summed E-state index contributed by atoms with van der Waals surface area (Å²) in [6.45, 7) is 6.58. The lowest BCUT2D eigenvalue weighted by Gasteiger charge is -2.35. The molecule has 15 heavy (non-hydrogen) atoms. The molecule has 0 saturated carbocycles. The molecule has 0 aromatic carbocycles. The van der Waals surface area contributed by atoms with Crippen LogP contribution >= 0.6 is 0 Å². The summed E-state index contributed by atoms with van der Waals surface area (Å²) in [6.07, 6.45) is 3.25. The number of hydrogen-bond donors (Lipinski definition) is 3. The van der Waals surface area contributed by atoms with Crippen molar-refractivity contribution in [2.24, 2.45) is 5.73 Å². The highest BCUT2D eigenvalue weighted by molar-refractivity contribution is 4.66. The first-order valence-electron chi connectivity index (χ1n) is 5.51. The van der Waals surface area contributed by atoms with Crippen molar-refractivity contribution in [3.05, 3.63) is 12.7 Å². The predicted molar refractivity (Wildman–Crippen MR) is 62.4 cm³/mol. The molecule has 0 aliphatic heterocycles. The van der Waals surface area contributed by atoms with Crippen LogP contribution in [0.5, 0.6) is 0 Å². The van der Waals surface area contributed by atoms with Gasteiger partial charge in [-0.25, -0.2) is 0 Å². The fourth-order valence-corrected chi connectivity index (χ4v) is 1.77. The maximum atomic E-state index is 9.45. The molecule has 4 nitrogen and oxygen atoms in total. The van der Waals surface area contributed by atoms with E-state index in [1.54, 1.807) is 0 Å². The normalized spacial score (nSPS) is 17.1. The number of hydrogen-bond acceptors (Lipinski definition) is 3. The van der Waals surface area contributed by atoms with Crippen LogP contribution in [0.4, 0.5) is 0 Å². The van der Waals surface area contributed by atoms with E-state index in [1.807, 2.05) is 6.08 Å². The van der Waals surface area contributed by atoms with Crippen molar-refractivity contribution in [2.75, 3.05) is 39.8 Å². The molecule has 90 valence electrons. The molecule has 0 heterocycles. The van der Waals surface area contributed by atoms with E-state index in [-0.39, 0.29) is 6.61 Å². The lowest BCUT2D eigenvalue weighted by molar-refractivity contribution is -0.907. The summed E-state index contributed by atoms with van der Waals surface area (Å²) in [7, 11) is 2.07. The van der Waals surface area contributed by atoms with Crippen LogP contribution in [0.3, 0.4) is 0 Å². The summed E-state index contributed by atoms with van der Waals surface area (Å²) in [6, 6.07) is 0. The number of unbranched alkanes of at least 4 members (excludes halogenated alkanes) is 1. The van der Waals surface area contributed by atoms with Crippen molar-refractivity contribution < 1.29 is 14.7 Å². The van der Waals surface area contributed by atoms with E-state index in [4.69, 9.17) is 10.8 Å². The van der Waals surface area contributed by atoms with Crippen molar-refractivity contribution >= 4 is 0 Å². The number of rotatable bonds is 9. The number of nitrogens with zero attached hydrogens (tertiary/aromatic N) is 1. The first kappa shape index (κ1) is 14.6. The minimum absolute atomic E-state index is 0.179. The Hall–Kier alpha value is -0.420. The van der Waals surface area contributed by atoms with E-state index in [9.17, 15) is 5.11 Å². The molecular weight excluding hydrogens is 192 g/mol. The Balaban J connectivity index is 4.10. The van der Waals surface area contributed by atoms with Gasteiger partial charge in [-0.2, -0.15) is 0 Å². The highest BCUT2D eigenvalue weighted by atomic mass is 16.3. The summed E-state index contributed by atoms with van der Waals surface area (Å²) < 4.78 is 0.714. The van der Waals surface area contributed by atoms with Crippen LogP contribution in [0, 0.1) is 0 Å². The first-order valence-corrected chi connectivity index (χ1v) is 5.51. The quantitative estimate of drug-likeness (QED) is 0.282. The number of quaternary nitrogens is 1. The number of aliphatic hydroxyl groups excluding tert-OH is 2. The van der Waals surface area contributed by atoms with E-state index in [0.717, 1.165) is 25.9 Å². The van der Waals surface area contributed by atoms with E-state index < -0.39 is 6.10 Å². The summed E-state index contributed by atoms with van der Waals surface area (Å²) in [4.78, 5) is 0. The molecule has 4 heteroatoms. The molecule has 0 amide bonds. The van der Waals surface area contributed by atoms with Gasteiger partial charge in [-0.3, -0.25) is 0 Å². The number of nitrogens with two attached hydrogens (primary N) is 1. The minimum Gasteiger partial charge on any atom is -0.393 e. The Morgan fingerprint density at radius 1 is 1.47 bits per heavy atom. The zero-order chi connectivity index (χ0) is 11.7.